The van der Waals surface area contributed by atoms with Crippen LogP contribution in [-0.2, 0) is 9.59 Å². The third-order valence-electron chi connectivity index (χ3n) is 8.53. The van der Waals surface area contributed by atoms with Crippen molar-refractivity contribution in [3.63, 3.8) is 0 Å². The number of nitrogens with zero attached hydrogens (tertiary/aromatic N) is 3. The van der Waals surface area contributed by atoms with Crippen LogP contribution in [0.2, 0.25) is 0 Å². The highest BCUT2D eigenvalue weighted by Gasteiger charge is 2.36. The quantitative estimate of drug-likeness (QED) is 0.135. The molecule has 0 bridgehead atoms. The fourth-order valence-electron chi connectivity index (χ4n) is 5.99. The number of benzene rings is 5. The third kappa shape index (κ3) is 7.23. The Labute approximate surface area is 309 Å². The number of fused-ring (bicyclic) bond motifs is 1. The predicted molar refractivity (Wildman–Crippen MR) is 208 cm³/mol. The van der Waals surface area contributed by atoms with Crippen LogP contribution in [0, 0.1) is 0 Å². The van der Waals surface area contributed by atoms with Crippen molar-refractivity contribution >= 4 is 63.1 Å². The van der Waals surface area contributed by atoms with E-state index in [1.807, 2.05) is 72.8 Å². The molecule has 0 aliphatic carbocycles. The number of rotatable bonds is 10. The number of aromatic nitrogens is 1. The summed E-state index contributed by atoms with van der Waals surface area (Å²) in [6.45, 7) is 0. The summed E-state index contributed by atoms with van der Waals surface area (Å²) in [6, 6.07) is 39.5. The fraction of sp³-hybridized carbons (Fsp3) is 0.0714. The van der Waals surface area contributed by atoms with Crippen LogP contribution >= 0.6 is 11.8 Å². The van der Waals surface area contributed by atoms with Gasteiger partial charge in [-0.2, -0.15) is 0 Å². The van der Waals surface area contributed by atoms with Gasteiger partial charge in [0.25, 0.3) is 5.91 Å². The number of amides is 2. The van der Waals surface area contributed by atoms with E-state index in [0.717, 1.165) is 11.8 Å². The summed E-state index contributed by atoms with van der Waals surface area (Å²) in [5, 5.41) is 12.9. The van der Waals surface area contributed by atoms with Crippen molar-refractivity contribution in [2.24, 2.45) is 4.99 Å². The van der Waals surface area contributed by atoms with Crippen LogP contribution in [0.15, 0.2) is 144 Å². The van der Waals surface area contributed by atoms with Gasteiger partial charge in [0.15, 0.2) is 16.7 Å². The summed E-state index contributed by atoms with van der Waals surface area (Å²) in [7, 11) is 3.07. The van der Waals surface area contributed by atoms with Crippen LogP contribution in [0.4, 0.5) is 11.4 Å². The second-order valence-electron chi connectivity index (χ2n) is 11.8. The highest BCUT2D eigenvalue weighted by atomic mass is 32.2. The summed E-state index contributed by atoms with van der Waals surface area (Å²) in [5.41, 5.74) is 4.52. The Kier molecular flexibility index (Phi) is 9.99. The van der Waals surface area contributed by atoms with E-state index in [0.29, 0.717) is 61.3 Å². The number of amidine groups is 1. The number of carbonyl (C=O) groups excluding carboxylic acids is 2. The largest absolute Gasteiger partial charge is 0.493 e. The van der Waals surface area contributed by atoms with Gasteiger partial charge in [-0.25, -0.2) is 14.8 Å². The van der Waals surface area contributed by atoms with Gasteiger partial charge in [-0.3, -0.25) is 14.5 Å². The number of thioether (sulfide) groups is 1. The van der Waals surface area contributed by atoms with E-state index in [2.05, 4.69) is 10.3 Å². The van der Waals surface area contributed by atoms with Gasteiger partial charge >= 0.3 is 5.97 Å². The fourth-order valence-corrected chi connectivity index (χ4v) is 7.11. The first-order valence-corrected chi connectivity index (χ1v) is 17.4. The van der Waals surface area contributed by atoms with Crippen molar-refractivity contribution in [2.45, 2.75) is 5.25 Å². The molecule has 2 N–H and O–H groups in total. The zero-order chi connectivity index (χ0) is 36.9. The Morgan fingerprint density at radius 2 is 1.53 bits per heavy atom. The van der Waals surface area contributed by atoms with Crippen molar-refractivity contribution < 1.29 is 29.0 Å². The van der Waals surface area contributed by atoms with E-state index in [1.54, 1.807) is 73.8 Å². The number of nitrogens with one attached hydrogen (secondary N) is 1. The number of para-hydroxylation sites is 3. The second kappa shape index (κ2) is 15.3. The molecule has 0 saturated heterocycles. The molecule has 2 amide bonds. The molecule has 1 unspecified atom stereocenters. The lowest BCUT2D eigenvalue weighted by atomic mass is 10.0. The summed E-state index contributed by atoms with van der Waals surface area (Å²) >= 11 is 1.16. The van der Waals surface area contributed by atoms with Gasteiger partial charge in [-0.05, 0) is 54.1 Å². The molecule has 0 fully saturated rings. The van der Waals surface area contributed by atoms with Gasteiger partial charge < -0.3 is 19.9 Å². The van der Waals surface area contributed by atoms with Gasteiger partial charge in [0.05, 0.1) is 36.7 Å². The maximum atomic E-state index is 14.2. The van der Waals surface area contributed by atoms with Gasteiger partial charge in [0, 0.05) is 22.2 Å². The van der Waals surface area contributed by atoms with Crippen molar-refractivity contribution in [1.82, 2.24) is 4.98 Å². The van der Waals surface area contributed by atoms with E-state index in [-0.39, 0.29) is 23.1 Å². The first kappa shape index (κ1) is 34.7. The second-order valence-corrected chi connectivity index (χ2v) is 12.9. The number of pyridine rings is 1. The zero-order valence-electron chi connectivity index (χ0n) is 28.6. The molecular formula is C42H32N4O6S. The maximum Gasteiger partial charge on any atom is 0.336 e. The minimum Gasteiger partial charge on any atom is -0.493 e. The molecule has 10 nitrogen and oxygen atoms in total. The molecule has 1 aliphatic rings. The van der Waals surface area contributed by atoms with Crippen LogP contribution in [0.3, 0.4) is 0 Å². The summed E-state index contributed by atoms with van der Waals surface area (Å²) in [4.78, 5) is 51.2. The summed E-state index contributed by atoms with van der Waals surface area (Å²) in [5.74, 6) is -0.761. The highest BCUT2D eigenvalue weighted by molar-refractivity contribution is 8.15. The maximum absolute atomic E-state index is 14.2. The van der Waals surface area contributed by atoms with Crippen molar-refractivity contribution in [1.29, 1.82) is 0 Å². The molecule has 2 heterocycles. The molecule has 53 heavy (non-hydrogen) atoms. The van der Waals surface area contributed by atoms with Gasteiger partial charge in [0.1, 0.15) is 10.9 Å². The highest BCUT2D eigenvalue weighted by Crippen LogP contribution is 2.39. The van der Waals surface area contributed by atoms with Crippen molar-refractivity contribution in [3.05, 3.63) is 156 Å². The van der Waals surface area contributed by atoms with E-state index < -0.39 is 11.2 Å². The number of aromatic carboxylic acids is 1. The van der Waals surface area contributed by atoms with Gasteiger partial charge in [-0.1, -0.05) is 103 Å². The SMILES string of the molecule is COc1cccc(/C=C2/N=C(SC(C(=O)Nc3ccc(-c4cc(C(=O)O)c5ccccc5n4)cc3)c3ccccc3)N(c3ccccc3)C2=O)c1OC. The average Bonchev–Trinajstić information content (AvgIpc) is 3.50. The number of aliphatic imine (C=N–C) groups is 1. The number of carboxylic acid groups (broad SMARTS) is 1. The molecule has 1 atom stereocenters. The van der Waals surface area contributed by atoms with Crippen molar-refractivity contribution in [3.8, 4) is 22.8 Å². The lowest BCUT2D eigenvalue weighted by molar-refractivity contribution is -0.116. The first-order valence-electron chi connectivity index (χ1n) is 16.5. The Morgan fingerprint density at radius 3 is 2.23 bits per heavy atom. The van der Waals surface area contributed by atoms with E-state index in [4.69, 9.17) is 14.5 Å². The van der Waals surface area contributed by atoms with Crippen LogP contribution < -0.4 is 19.7 Å². The topological polar surface area (TPSA) is 130 Å². The van der Waals surface area contributed by atoms with Crippen LogP contribution in [-0.4, -0.2) is 47.3 Å². The summed E-state index contributed by atoms with van der Waals surface area (Å²) < 4.78 is 11.1. The molecule has 6 aromatic rings. The smallest absolute Gasteiger partial charge is 0.336 e. The number of anilines is 2. The Morgan fingerprint density at radius 1 is 0.830 bits per heavy atom. The molecule has 262 valence electrons. The normalized spacial score (nSPS) is 13.8. The number of ether oxygens (including phenoxy) is 2. The zero-order valence-corrected chi connectivity index (χ0v) is 29.4. The number of carboxylic acids is 1. The third-order valence-corrected chi connectivity index (χ3v) is 9.73. The number of hydrogen-bond acceptors (Lipinski definition) is 8. The predicted octanol–water partition coefficient (Wildman–Crippen LogP) is 8.47. The molecule has 1 aliphatic heterocycles. The number of hydrogen-bond donors (Lipinski definition) is 2. The monoisotopic (exact) mass is 720 g/mol. The molecule has 5 aromatic carbocycles. The van der Waals surface area contributed by atoms with Gasteiger partial charge in [0.2, 0.25) is 5.91 Å². The molecule has 7 rings (SSSR count). The first-order chi connectivity index (χ1) is 25.8. The Balaban J connectivity index is 1.21. The van der Waals surface area contributed by atoms with Crippen LogP contribution in [0.1, 0.15) is 26.7 Å². The van der Waals surface area contributed by atoms with Crippen LogP contribution in [0.25, 0.3) is 28.2 Å². The standard InChI is InChI=1S/C42H32N4O6S/c1-51-36-19-11-14-28(37(36)52-2)24-35-40(48)46(30-15-7-4-8-16-30)42(45-35)53-38(27-12-5-3-6-13-27)39(47)43-29-22-20-26(21-23-29)34-25-32(41(49)50)31-17-9-10-18-33(31)44-34/h3-25,38H,1-2H3,(H,43,47)(H,49,50)/b35-24+. The number of carbonyl (C=O) groups is 3. The Hall–Kier alpha value is -6.72. The lowest BCUT2D eigenvalue weighted by Gasteiger charge is -2.22. The summed E-state index contributed by atoms with van der Waals surface area (Å²) in [6.07, 6.45) is 1.65. The van der Waals surface area contributed by atoms with E-state index >= 15 is 0 Å². The minimum atomic E-state index is -1.04. The van der Waals surface area contributed by atoms with E-state index in [9.17, 15) is 19.5 Å². The van der Waals surface area contributed by atoms with Crippen LogP contribution in [0.5, 0.6) is 11.5 Å². The molecule has 0 saturated carbocycles. The molecule has 11 heteroatoms. The lowest BCUT2D eigenvalue weighted by Crippen LogP contribution is -2.32. The average molecular weight is 721 g/mol. The molecule has 0 spiro atoms. The molecular weight excluding hydrogens is 689 g/mol. The van der Waals surface area contributed by atoms with Gasteiger partial charge in [-0.15, -0.1) is 0 Å². The Bertz CT molecular complexity index is 2400. The van der Waals surface area contributed by atoms with E-state index in [1.165, 1.54) is 12.0 Å². The molecule has 1 aromatic heterocycles. The molecule has 0 radical (unpaired) electrons. The number of methoxy groups -OCH3 is 2. The minimum absolute atomic E-state index is 0.157. The van der Waals surface area contributed by atoms with Crippen molar-refractivity contribution in [2.75, 3.05) is 24.4 Å².